The van der Waals surface area contributed by atoms with Crippen LogP contribution in [0.5, 0.6) is 0 Å². The molecule has 0 aliphatic carbocycles. The maximum absolute atomic E-state index is 12.8. The fourth-order valence-corrected chi connectivity index (χ4v) is 7.84. The fourth-order valence-electron chi connectivity index (χ4n) is 5.08. The summed E-state index contributed by atoms with van der Waals surface area (Å²) in [6, 6.07) is 11.1. The van der Waals surface area contributed by atoms with Crippen LogP contribution in [0.4, 0.5) is 26.3 Å². The van der Waals surface area contributed by atoms with Crippen LogP contribution in [0.1, 0.15) is 62.8 Å². The standard InChI is InChI=1S/C17H20BrF3NO3PS.C14H16BrNO2.C4H8F3OPS/c1-10-5-6-11(18)7-12(10)14-13(8-16(2,3)22-15(14)23)25-26(4,27)24-9-17(19,20)21;1-8-4-5-9(15)6-10(8)12-11(17)7-14(2,3)16-13(12)18;1-9(2,10)8-3-4(5,6)7/h5-7H,8-9H2,1-4H3,(H,22,23);4-6,17H,7H2,1-3H3,(H,16,18);3H2,1-2H3. The molecule has 2 aliphatic rings. The topological polar surface area (TPSA) is 106 Å². The Hall–Kier alpha value is -1.78. The first-order chi connectivity index (χ1) is 24.7. The molecule has 308 valence electrons. The van der Waals surface area contributed by atoms with E-state index in [9.17, 15) is 41.0 Å². The van der Waals surface area contributed by atoms with Gasteiger partial charge < -0.3 is 29.3 Å². The second-order valence-electron chi connectivity index (χ2n) is 14.5. The molecule has 3 N–H and O–H groups in total. The zero-order chi connectivity index (χ0) is 42.5. The highest BCUT2D eigenvalue weighted by Crippen LogP contribution is 2.51. The highest BCUT2D eigenvalue weighted by Gasteiger charge is 2.38. The molecule has 0 saturated heterocycles. The molecule has 2 aliphatic heterocycles. The Bertz CT molecular complexity index is 1930. The minimum atomic E-state index is -4.51. The molecule has 1 atom stereocenters. The van der Waals surface area contributed by atoms with Crippen molar-refractivity contribution in [1.29, 1.82) is 0 Å². The van der Waals surface area contributed by atoms with Crippen LogP contribution in [0.3, 0.4) is 0 Å². The highest BCUT2D eigenvalue weighted by molar-refractivity contribution is 9.10. The van der Waals surface area contributed by atoms with Gasteiger partial charge in [-0.25, -0.2) is 0 Å². The number of halogens is 8. The van der Waals surface area contributed by atoms with E-state index in [1.807, 2.05) is 58.0 Å². The molecule has 2 heterocycles. The van der Waals surface area contributed by atoms with Crippen LogP contribution >= 0.6 is 44.6 Å². The summed E-state index contributed by atoms with van der Waals surface area (Å²) >= 11 is 16.6. The van der Waals surface area contributed by atoms with Gasteiger partial charge in [0.05, 0.1) is 17.4 Å². The summed E-state index contributed by atoms with van der Waals surface area (Å²) in [6.45, 7) is 9.51. The molecule has 8 nitrogen and oxygen atoms in total. The smallest absolute Gasteiger partial charge is 0.412 e. The lowest BCUT2D eigenvalue weighted by molar-refractivity contribution is -0.153. The summed E-state index contributed by atoms with van der Waals surface area (Å²) in [5.41, 5.74) is 2.81. The molecule has 0 fully saturated rings. The van der Waals surface area contributed by atoms with E-state index < -0.39 is 49.4 Å². The molecule has 2 aromatic rings. The Morgan fingerprint density at radius 1 is 0.745 bits per heavy atom. The average molecular weight is 989 g/mol. The lowest BCUT2D eigenvalue weighted by atomic mass is 9.88. The number of hydrogen-bond acceptors (Lipinski definition) is 8. The van der Waals surface area contributed by atoms with Gasteiger partial charge in [-0.2, -0.15) is 26.3 Å². The van der Waals surface area contributed by atoms with Gasteiger partial charge in [0.15, 0.2) is 6.61 Å². The Labute approximate surface area is 344 Å². The molecule has 2 amide bonds. The van der Waals surface area contributed by atoms with E-state index in [0.29, 0.717) is 17.6 Å². The molecule has 0 radical (unpaired) electrons. The van der Waals surface area contributed by atoms with Gasteiger partial charge in [0, 0.05) is 39.5 Å². The van der Waals surface area contributed by atoms with E-state index in [0.717, 1.165) is 25.6 Å². The van der Waals surface area contributed by atoms with Crippen molar-refractivity contribution in [3.8, 4) is 0 Å². The number of aliphatic hydroxyl groups excluding tert-OH is 1. The Balaban J connectivity index is 0.000000320. The van der Waals surface area contributed by atoms with Gasteiger partial charge in [-0.3, -0.25) is 9.59 Å². The van der Waals surface area contributed by atoms with Crippen molar-refractivity contribution in [3.63, 3.8) is 0 Å². The van der Waals surface area contributed by atoms with Crippen LogP contribution in [0.15, 0.2) is 56.9 Å². The van der Waals surface area contributed by atoms with E-state index >= 15 is 0 Å². The number of carbonyl (C=O) groups is 2. The predicted octanol–water partition coefficient (Wildman–Crippen LogP) is 10.8. The van der Waals surface area contributed by atoms with E-state index in [-0.39, 0.29) is 35.3 Å². The average Bonchev–Trinajstić information content (AvgIpc) is 2.96. The Morgan fingerprint density at radius 3 is 1.55 bits per heavy atom. The number of hydrogen-bond donors (Lipinski definition) is 3. The van der Waals surface area contributed by atoms with Gasteiger partial charge in [-0.1, -0.05) is 55.8 Å². The summed E-state index contributed by atoms with van der Waals surface area (Å²) in [4.78, 5) is 24.9. The quantitative estimate of drug-likeness (QED) is 0.177. The maximum atomic E-state index is 12.8. The first-order valence-corrected chi connectivity index (χ1v) is 24.6. The Morgan fingerprint density at radius 2 is 1.15 bits per heavy atom. The van der Waals surface area contributed by atoms with Crippen LogP contribution in [0.2, 0.25) is 0 Å². The first-order valence-electron chi connectivity index (χ1n) is 16.3. The van der Waals surface area contributed by atoms with E-state index in [1.165, 1.54) is 20.0 Å². The fraction of sp³-hybridized carbons (Fsp3) is 0.486. The van der Waals surface area contributed by atoms with Gasteiger partial charge in [0.25, 0.3) is 11.8 Å². The van der Waals surface area contributed by atoms with E-state index in [4.69, 9.17) is 20.9 Å². The molecular weight excluding hydrogens is 944 g/mol. The predicted molar refractivity (Wildman–Crippen MR) is 219 cm³/mol. The highest BCUT2D eigenvalue weighted by atomic mass is 79.9. The van der Waals surface area contributed by atoms with Crippen molar-refractivity contribution in [3.05, 3.63) is 79.1 Å². The van der Waals surface area contributed by atoms with Crippen LogP contribution in [0.25, 0.3) is 11.1 Å². The molecule has 0 saturated carbocycles. The summed E-state index contributed by atoms with van der Waals surface area (Å²) in [6.07, 6.45) is -10.2. The van der Waals surface area contributed by atoms with Gasteiger partial charge in [-0.15, -0.1) is 0 Å². The minimum absolute atomic E-state index is 0.157. The third-order valence-corrected chi connectivity index (χ3v) is 11.1. The third-order valence-electron chi connectivity index (χ3n) is 7.35. The van der Waals surface area contributed by atoms with Crippen LogP contribution in [0, 0.1) is 13.8 Å². The SMILES string of the molecule is CP(C)(=S)OCC(F)(F)F.Cc1ccc(Br)cc1C1=C(O)CC(C)(C)NC1=O.Cc1ccc(Br)cc1C1=C(OP(C)(=S)OCC(F)(F)F)CC(C)(C)NC1=O. The van der Waals surface area contributed by atoms with Crippen molar-refractivity contribution in [1.82, 2.24) is 10.6 Å². The number of carbonyl (C=O) groups excluding carboxylic acids is 2. The molecule has 2 aromatic carbocycles. The molecule has 20 heteroatoms. The molecular formula is C35H44Br2F6N2O6P2S2. The number of amides is 2. The van der Waals surface area contributed by atoms with E-state index in [2.05, 4.69) is 58.8 Å². The second kappa shape index (κ2) is 18.9. The zero-order valence-corrected chi connectivity index (χ0v) is 38.1. The van der Waals surface area contributed by atoms with Gasteiger partial charge in [0.1, 0.15) is 18.1 Å². The van der Waals surface area contributed by atoms with Crippen LogP contribution < -0.4 is 10.6 Å². The number of rotatable bonds is 8. The monoisotopic (exact) mass is 986 g/mol. The first kappa shape index (κ1) is 49.4. The summed E-state index contributed by atoms with van der Waals surface area (Å²) in [5, 5.41) is 15.9. The number of benzene rings is 2. The molecule has 4 rings (SSSR count). The molecule has 0 bridgehead atoms. The van der Waals surface area contributed by atoms with Crippen LogP contribution in [-0.2, 0) is 46.8 Å². The molecule has 0 aromatic heterocycles. The van der Waals surface area contributed by atoms with Gasteiger partial charge >= 0.3 is 12.4 Å². The number of aryl methyl sites for hydroxylation is 2. The molecule has 0 spiro atoms. The minimum Gasteiger partial charge on any atom is -0.511 e. The van der Waals surface area contributed by atoms with Crippen molar-refractivity contribution < 1.29 is 54.6 Å². The van der Waals surface area contributed by atoms with Gasteiger partial charge in [0.2, 0.25) is 6.49 Å². The van der Waals surface area contributed by atoms with Crippen LogP contribution in [-0.4, -0.2) is 73.6 Å². The van der Waals surface area contributed by atoms with Crippen molar-refractivity contribution in [2.75, 3.05) is 33.2 Å². The summed E-state index contributed by atoms with van der Waals surface area (Å²) in [7, 11) is 0. The number of aliphatic hydroxyl groups is 1. The van der Waals surface area contributed by atoms with Gasteiger partial charge in [-0.05, 0) is 113 Å². The number of nitrogens with one attached hydrogen (secondary N) is 2. The second-order valence-corrected chi connectivity index (χ2v) is 25.7. The third kappa shape index (κ3) is 17.3. The van der Waals surface area contributed by atoms with E-state index in [1.54, 1.807) is 19.9 Å². The zero-order valence-electron chi connectivity index (χ0n) is 31.5. The number of alkyl halides is 6. The summed E-state index contributed by atoms with van der Waals surface area (Å²) in [5.74, 6) is -0.180. The lowest BCUT2D eigenvalue weighted by Crippen LogP contribution is -2.47. The normalized spacial score (nSPS) is 18.2. The lowest BCUT2D eigenvalue weighted by Gasteiger charge is -2.35. The van der Waals surface area contributed by atoms with Crippen molar-refractivity contribution >= 4 is 91.2 Å². The largest absolute Gasteiger partial charge is 0.511 e. The molecule has 55 heavy (non-hydrogen) atoms. The Kier molecular flexibility index (Phi) is 16.9. The van der Waals surface area contributed by atoms with Crippen molar-refractivity contribution in [2.45, 2.75) is 77.8 Å². The summed E-state index contributed by atoms with van der Waals surface area (Å²) < 4.78 is 88.4. The molecule has 1 unspecified atom stereocenters. The van der Waals surface area contributed by atoms with Crippen molar-refractivity contribution in [2.24, 2.45) is 0 Å². The maximum Gasteiger partial charge on any atom is 0.412 e.